The minimum absolute atomic E-state index is 0.138. The van der Waals surface area contributed by atoms with E-state index < -0.39 is 11.6 Å². The average Bonchev–Trinajstić information content (AvgIpc) is 2.45. The molecule has 20 heavy (non-hydrogen) atoms. The summed E-state index contributed by atoms with van der Waals surface area (Å²) in [6.45, 7) is 0.262. The molecule has 0 saturated heterocycles. The maximum absolute atomic E-state index is 13.1. The van der Waals surface area contributed by atoms with Gasteiger partial charge in [-0.3, -0.25) is 9.78 Å². The fourth-order valence-electron chi connectivity index (χ4n) is 1.67. The van der Waals surface area contributed by atoms with Gasteiger partial charge in [-0.05, 0) is 36.2 Å². The SMILES string of the molecule is O=C(NCCc1cc(F)c(F)cc1Cl)c1cccnc1. The molecule has 0 aliphatic rings. The van der Waals surface area contributed by atoms with Crippen LogP contribution in [0.4, 0.5) is 8.78 Å². The predicted octanol–water partition coefficient (Wildman–Crippen LogP) is 2.99. The first-order chi connectivity index (χ1) is 9.58. The number of carbonyl (C=O) groups excluding carboxylic acids is 1. The quantitative estimate of drug-likeness (QED) is 0.881. The first kappa shape index (κ1) is 14.4. The van der Waals surface area contributed by atoms with Gasteiger partial charge in [-0.1, -0.05) is 11.6 Å². The molecular formula is C14H11ClF2N2O. The zero-order chi connectivity index (χ0) is 14.5. The molecule has 0 bridgehead atoms. The maximum Gasteiger partial charge on any atom is 0.252 e. The summed E-state index contributed by atoms with van der Waals surface area (Å²) in [5.74, 6) is -2.22. The Morgan fingerprint density at radius 1 is 1.30 bits per heavy atom. The summed E-state index contributed by atoms with van der Waals surface area (Å²) in [4.78, 5) is 15.6. The van der Waals surface area contributed by atoms with E-state index in [-0.39, 0.29) is 17.5 Å². The number of nitrogens with one attached hydrogen (secondary N) is 1. The van der Waals surface area contributed by atoms with Gasteiger partial charge in [0.2, 0.25) is 0 Å². The van der Waals surface area contributed by atoms with Gasteiger partial charge >= 0.3 is 0 Å². The molecule has 0 aliphatic heterocycles. The second-order valence-electron chi connectivity index (χ2n) is 4.11. The van der Waals surface area contributed by atoms with Crippen LogP contribution in [0.15, 0.2) is 36.7 Å². The minimum atomic E-state index is -0.988. The predicted molar refractivity (Wildman–Crippen MR) is 71.6 cm³/mol. The number of rotatable bonds is 4. The molecule has 0 aliphatic carbocycles. The molecular weight excluding hydrogens is 286 g/mol. The van der Waals surface area contributed by atoms with Crippen LogP contribution in [0, 0.1) is 11.6 Å². The largest absolute Gasteiger partial charge is 0.352 e. The van der Waals surface area contributed by atoms with E-state index in [0.717, 1.165) is 12.1 Å². The molecule has 0 fully saturated rings. The Balaban J connectivity index is 1.94. The number of pyridine rings is 1. The van der Waals surface area contributed by atoms with E-state index in [2.05, 4.69) is 10.3 Å². The third kappa shape index (κ3) is 3.51. The van der Waals surface area contributed by atoms with Gasteiger partial charge in [-0.2, -0.15) is 0 Å². The number of hydrogen-bond acceptors (Lipinski definition) is 2. The third-order valence-electron chi connectivity index (χ3n) is 2.69. The molecule has 1 N–H and O–H groups in total. The molecule has 104 valence electrons. The molecule has 0 spiro atoms. The maximum atomic E-state index is 13.1. The first-order valence-corrected chi connectivity index (χ1v) is 6.27. The number of amides is 1. The molecule has 1 heterocycles. The smallest absolute Gasteiger partial charge is 0.252 e. The van der Waals surface area contributed by atoms with Crippen LogP contribution < -0.4 is 5.32 Å². The fraction of sp³-hybridized carbons (Fsp3) is 0.143. The summed E-state index contributed by atoms with van der Waals surface area (Å²) in [6, 6.07) is 5.25. The van der Waals surface area contributed by atoms with Crippen LogP contribution >= 0.6 is 11.6 Å². The lowest BCUT2D eigenvalue weighted by Crippen LogP contribution is -2.25. The van der Waals surface area contributed by atoms with Crippen LogP contribution in [0.5, 0.6) is 0 Å². The number of carbonyl (C=O) groups is 1. The van der Waals surface area contributed by atoms with Crippen molar-refractivity contribution < 1.29 is 13.6 Å². The van der Waals surface area contributed by atoms with Crippen molar-refractivity contribution >= 4 is 17.5 Å². The molecule has 0 saturated carbocycles. The van der Waals surface area contributed by atoms with E-state index in [4.69, 9.17) is 11.6 Å². The molecule has 0 unspecified atom stereocenters. The van der Waals surface area contributed by atoms with Gasteiger partial charge in [0.05, 0.1) is 5.56 Å². The Labute approximate surface area is 119 Å². The highest BCUT2D eigenvalue weighted by atomic mass is 35.5. The number of hydrogen-bond donors (Lipinski definition) is 1. The topological polar surface area (TPSA) is 42.0 Å². The summed E-state index contributed by atoms with van der Waals surface area (Å²) in [5.41, 5.74) is 0.876. The van der Waals surface area contributed by atoms with Crippen molar-refractivity contribution in [2.75, 3.05) is 6.54 Å². The van der Waals surface area contributed by atoms with Crippen molar-refractivity contribution in [3.63, 3.8) is 0 Å². The highest BCUT2D eigenvalue weighted by Gasteiger charge is 2.09. The number of nitrogens with zero attached hydrogens (tertiary/aromatic N) is 1. The van der Waals surface area contributed by atoms with Gasteiger partial charge in [0, 0.05) is 24.0 Å². The van der Waals surface area contributed by atoms with Gasteiger partial charge in [0.1, 0.15) is 0 Å². The van der Waals surface area contributed by atoms with Crippen molar-refractivity contribution in [1.82, 2.24) is 10.3 Å². The van der Waals surface area contributed by atoms with E-state index in [1.165, 1.54) is 6.20 Å². The van der Waals surface area contributed by atoms with Crippen molar-refractivity contribution in [2.45, 2.75) is 6.42 Å². The summed E-state index contributed by atoms with van der Waals surface area (Å²) in [7, 11) is 0. The zero-order valence-electron chi connectivity index (χ0n) is 10.4. The third-order valence-corrected chi connectivity index (χ3v) is 3.04. The highest BCUT2D eigenvalue weighted by molar-refractivity contribution is 6.31. The van der Waals surface area contributed by atoms with Crippen molar-refractivity contribution in [3.8, 4) is 0 Å². The first-order valence-electron chi connectivity index (χ1n) is 5.89. The molecule has 6 heteroatoms. The van der Waals surface area contributed by atoms with Crippen LogP contribution in [0.3, 0.4) is 0 Å². The highest BCUT2D eigenvalue weighted by Crippen LogP contribution is 2.20. The van der Waals surface area contributed by atoms with Gasteiger partial charge in [-0.15, -0.1) is 0 Å². The molecule has 0 radical (unpaired) electrons. The Kier molecular flexibility index (Phi) is 4.63. The Hall–Kier alpha value is -2.01. The van der Waals surface area contributed by atoms with Crippen LogP contribution in [0.2, 0.25) is 5.02 Å². The molecule has 1 amide bonds. The number of benzene rings is 1. The normalized spacial score (nSPS) is 10.3. The summed E-state index contributed by atoms with van der Waals surface area (Å²) >= 11 is 5.80. The average molecular weight is 297 g/mol. The molecule has 0 atom stereocenters. The van der Waals surface area contributed by atoms with Gasteiger partial charge in [0.15, 0.2) is 11.6 Å². The van der Waals surface area contributed by atoms with E-state index in [9.17, 15) is 13.6 Å². The summed E-state index contributed by atoms with van der Waals surface area (Å²) in [5, 5.41) is 2.79. The second-order valence-corrected chi connectivity index (χ2v) is 4.51. The van der Waals surface area contributed by atoms with Crippen molar-refractivity contribution in [3.05, 3.63) is 64.4 Å². The Morgan fingerprint density at radius 3 is 2.75 bits per heavy atom. The molecule has 2 rings (SSSR count). The van der Waals surface area contributed by atoms with E-state index in [1.807, 2.05) is 0 Å². The van der Waals surface area contributed by atoms with Gasteiger partial charge < -0.3 is 5.32 Å². The Bertz CT molecular complexity index is 620. The number of aromatic nitrogens is 1. The van der Waals surface area contributed by atoms with E-state index in [1.54, 1.807) is 18.3 Å². The monoisotopic (exact) mass is 296 g/mol. The molecule has 2 aromatic rings. The summed E-state index contributed by atoms with van der Waals surface area (Å²) in [6.07, 6.45) is 3.32. The lowest BCUT2D eigenvalue weighted by Gasteiger charge is -2.07. The van der Waals surface area contributed by atoms with Gasteiger partial charge in [-0.25, -0.2) is 8.78 Å². The van der Waals surface area contributed by atoms with Crippen LogP contribution in [0.25, 0.3) is 0 Å². The molecule has 1 aromatic heterocycles. The Morgan fingerprint density at radius 2 is 2.05 bits per heavy atom. The minimum Gasteiger partial charge on any atom is -0.352 e. The zero-order valence-corrected chi connectivity index (χ0v) is 11.1. The standard InChI is InChI=1S/C14H11ClF2N2O/c15-11-7-13(17)12(16)6-9(11)3-5-19-14(20)10-2-1-4-18-8-10/h1-2,4,6-8H,3,5H2,(H,19,20). The molecule has 3 nitrogen and oxygen atoms in total. The van der Waals surface area contributed by atoms with Crippen LogP contribution in [-0.2, 0) is 6.42 Å². The number of halogens is 3. The van der Waals surface area contributed by atoms with Crippen molar-refractivity contribution in [1.29, 1.82) is 0 Å². The lowest BCUT2D eigenvalue weighted by molar-refractivity contribution is 0.0954. The van der Waals surface area contributed by atoms with Crippen LogP contribution in [0.1, 0.15) is 15.9 Å². The lowest BCUT2D eigenvalue weighted by atomic mass is 10.1. The molecule has 1 aromatic carbocycles. The summed E-state index contributed by atoms with van der Waals surface area (Å²) < 4.78 is 26.0. The van der Waals surface area contributed by atoms with Gasteiger partial charge in [0.25, 0.3) is 5.91 Å². The van der Waals surface area contributed by atoms with E-state index >= 15 is 0 Å². The van der Waals surface area contributed by atoms with Crippen LogP contribution in [-0.4, -0.2) is 17.4 Å². The second kappa shape index (κ2) is 6.43. The fourth-order valence-corrected chi connectivity index (χ4v) is 1.91. The van der Waals surface area contributed by atoms with Crippen molar-refractivity contribution in [2.24, 2.45) is 0 Å². The van der Waals surface area contributed by atoms with E-state index in [0.29, 0.717) is 17.5 Å².